The normalized spacial score (nSPS) is 16.3. The Balaban J connectivity index is 0.000000144. The number of benzene rings is 6. The van der Waals surface area contributed by atoms with E-state index in [0.29, 0.717) is 5.56 Å². The van der Waals surface area contributed by atoms with Gasteiger partial charge in [0.25, 0.3) is 0 Å². The van der Waals surface area contributed by atoms with Gasteiger partial charge in [0, 0.05) is 72.5 Å². The number of nitrogens with zero attached hydrogens (tertiary/aromatic N) is 6. The van der Waals surface area contributed by atoms with Gasteiger partial charge in [-0.2, -0.15) is 15.6 Å². The summed E-state index contributed by atoms with van der Waals surface area (Å²) in [5.41, 5.74) is 13.5. The van der Waals surface area contributed by atoms with Crippen molar-refractivity contribution in [3.63, 3.8) is 0 Å². The Morgan fingerprint density at radius 3 is 2.07 bits per heavy atom. The minimum absolute atomic E-state index is 0.0418. The van der Waals surface area contributed by atoms with E-state index in [1.165, 1.54) is 47.9 Å². The molecule has 6 aromatic carbocycles. The molecule has 1 atom stereocenters. The van der Waals surface area contributed by atoms with Gasteiger partial charge in [-0.25, -0.2) is 4.68 Å². The summed E-state index contributed by atoms with van der Waals surface area (Å²) in [6, 6.07) is 44.1. The van der Waals surface area contributed by atoms with Gasteiger partial charge in [0.05, 0.1) is 72.8 Å². The molecule has 2 aliphatic heterocycles. The number of aromatic nitrogens is 2. The standard InChI is InChI=1S/C28H28N4O2.C17H17N3O2.C11H11N/c29-18-20-7-10-26-21(15-20)3-1-6-28(26)34-25-9-8-22(19-30)27(17-25)31-23-4-2-5-24(16-23)32-11-13-33-14-12-32;21-16-5-4-13-12-18-20(17(13)11-16)15-3-1-2-14(10-15)19-6-8-22-9-7-19;12-8-9-5-6-10-3-1-2-4-11(10)7-9/h2,4-5,7-10,15-17,19,28,30-31H,1,3,6,11-14H2;1-5,10-12,21H,6-9H2;5-7H,1-4H2/t28-;;/m0../s1. The van der Waals surface area contributed by atoms with Crippen molar-refractivity contribution < 1.29 is 19.3 Å². The molecule has 344 valence electrons. The van der Waals surface area contributed by atoms with E-state index in [0.717, 1.165) is 134 Å². The number of aryl methyl sites for hydroxylation is 3. The monoisotopic (exact) mass is 904 g/mol. The number of aromatic hydroxyl groups is 1. The van der Waals surface area contributed by atoms with Crippen LogP contribution in [-0.4, -0.2) is 73.7 Å². The Hall–Kier alpha value is -7.64. The summed E-state index contributed by atoms with van der Waals surface area (Å²) in [6.45, 7) is 6.61. The molecular formula is C56H56N8O4. The highest BCUT2D eigenvalue weighted by molar-refractivity contribution is 5.88. The predicted octanol–water partition coefficient (Wildman–Crippen LogP) is 10.6. The smallest absolute Gasteiger partial charge is 0.124 e. The van der Waals surface area contributed by atoms with Crippen molar-refractivity contribution >= 4 is 39.9 Å². The highest BCUT2D eigenvalue weighted by Crippen LogP contribution is 2.36. The SMILES string of the molecule is N#Cc1ccc2c(c1)CCCC2.N#Cc1ccc2c(c1)CCC[C@@H]2Oc1ccc(C=N)c(Nc2cccc(N3CCOCC3)c2)c1.Oc1ccc2cnn(-c3cccc(N4CCOCC4)c3)c2c1. The number of phenolic OH excluding ortho intramolecular Hbond substituents is 1. The van der Waals surface area contributed by atoms with Crippen LogP contribution in [0.1, 0.15) is 70.7 Å². The van der Waals surface area contributed by atoms with Crippen LogP contribution in [-0.2, 0) is 28.7 Å². The molecule has 0 saturated carbocycles. The van der Waals surface area contributed by atoms with Crippen LogP contribution >= 0.6 is 0 Å². The van der Waals surface area contributed by atoms with Gasteiger partial charge in [-0.05, 0) is 152 Å². The van der Waals surface area contributed by atoms with Crippen LogP contribution in [0.15, 0.2) is 128 Å². The first kappa shape index (κ1) is 45.5. The van der Waals surface area contributed by atoms with Crippen LogP contribution in [0.5, 0.6) is 11.5 Å². The molecule has 2 saturated heterocycles. The zero-order valence-corrected chi connectivity index (χ0v) is 38.2. The van der Waals surface area contributed by atoms with E-state index >= 15 is 0 Å². The number of nitrogens with one attached hydrogen (secondary N) is 2. The summed E-state index contributed by atoms with van der Waals surface area (Å²) >= 11 is 0. The number of hydrogen-bond acceptors (Lipinski definition) is 11. The first-order valence-corrected chi connectivity index (χ1v) is 23.6. The highest BCUT2D eigenvalue weighted by atomic mass is 16.5. The number of rotatable bonds is 8. The van der Waals surface area contributed by atoms with Crippen molar-refractivity contribution in [3.8, 4) is 29.3 Å². The summed E-state index contributed by atoms with van der Waals surface area (Å²) in [6.07, 6.45) is 11.0. The molecule has 0 bridgehead atoms. The lowest BCUT2D eigenvalue weighted by atomic mass is 9.88. The van der Waals surface area contributed by atoms with Gasteiger partial charge in [0.1, 0.15) is 17.6 Å². The molecule has 2 aliphatic carbocycles. The first-order valence-electron chi connectivity index (χ1n) is 23.6. The maximum Gasteiger partial charge on any atom is 0.124 e. The molecule has 3 N–H and O–H groups in total. The third-order valence-electron chi connectivity index (χ3n) is 13.0. The third kappa shape index (κ3) is 11.0. The second-order valence-electron chi connectivity index (χ2n) is 17.4. The van der Waals surface area contributed by atoms with Gasteiger partial charge in [0.2, 0.25) is 0 Å². The summed E-state index contributed by atoms with van der Waals surface area (Å²) in [4.78, 5) is 4.64. The molecule has 12 heteroatoms. The number of ether oxygens (including phenoxy) is 3. The fourth-order valence-electron chi connectivity index (χ4n) is 9.38. The van der Waals surface area contributed by atoms with E-state index in [1.54, 1.807) is 12.1 Å². The topological polar surface area (TPSA) is 156 Å². The average Bonchev–Trinajstić information content (AvgIpc) is 3.82. The third-order valence-corrected chi connectivity index (χ3v) is 13.0. The van der Waals surface area contributed by atoms with Crippen molar-refractivity contribution in [2.75, 3.05) is 67.7 Å². The fourth-order valence-corrected chi connectivity index (χ4v) is 9.38. The van der Waals surface area contributed by atoms with E-state index in [9.17, 15) is 10.4 Å². The number of fused-ring (bicyclic) bond motifs is 3. The minimum atomic E-state index is -0.0418. The average molecular weight is 905 g/mol. The zero-order valence-electron chi connectivity index (χ0n) is 38.2. The minimum Gasteiger partial charge on any atom is -0.508 e. The summed E-state index contributed by atoms with van der Waals surface area (Å²) in [5.74, 6) is 1.01. The lowest BCUT2D eigenvalue weighted by Gasteiger charge is -2.29. The van der Waals surface area contributed by atoms with Gasteiger partial charge in [-0.1, -0.05) is 24.3 Å². The number of anilines is 4. The fraction of sp³-hybridized carbons (Fsp3) is 0.286. The van der Waals surface area contributed by atoms with E-state index < -0.39 is 0 Å². The van der Waals surface area contributed by atoms with Crippen molar-refractivity contribution in [1.29, 1.82) is 15.9 Å². The molecule has 11 rings (SSSR count). The van der Waals surface area contributed by atoms with Crippen molar-refractivity contribution in [3.05, 3.63) is 166 Å². The molecule has 0 unspecified atom stereocenters. The molecule has 68 heavy (non-hydrogen) atoms. The van der Waals surface area contributed by atoms with E-state index in [1.807, 2.05) is 89.7 Å². The van der Waals surface area contributed by atoms with Crippen LogP contribution in [0.2, 0.25) is 0 Å². The first-order chi connectivity index (χ1) is 33.4. The van der Waals surface area contributed by atoms with Crippen LogP contribution in [0, 0.1) is 28.1 Å². The Morgan fingerprint density at radius 1 is 0.676 bits per heavy atom. The lowest BCUT2D eigenvalue weighted by molar-refractivity contribution is 0.122. The van der Waals surface area contributed by atoms with Gasteiger partial charge < -0.3 is 39.8 Å². The van der Waals surface area contributed by atoms with Crippen molar-refractivity contribution in [2.24, 2.45) is 0 Å². The van der Waals surface area contributed by atoms with Crippen LogP contribution in [0.4, 0.5) is 22.7 Å². The number of hydrogen-bond donors (Lipinski definition) is 3. The summed E-state index contributed by atoms with van der Waals surface area (Å²) in [7, 11) is 0. The molecule has 7 aromatic rings. The second-order valence-corrected chi connectivity index (χ2v) is 17.4. The number of nitriles is 2. The molecular weight excluding hydrogens is 849 g/mol. The Bertz CT molecular complexity index is 2960. The molecule has 12 nitrogen and oxygen atoms in total. The summed E-state index contributed by atoms with van der Waals surface area (Å²) < 4.78 is 19.2. The molecule has 1 aromatic heterocycles. The highest BCUT2D eigenvalue weighted by Gasteiger charge is 2.23. The van der Waals surface area contributed by atoms with Crippen LogP contribution < -0.4 is 19.9 Å². The van der Waals surface area contributed by atoms with E-state index in [2.05, 4.69) is 62.7 Å². The van der Waals surface area contributed by atoms with Crippen LogP contribution in [0.25, 0.3) is 16.6 Å². The van der Waals surface area contributed by atoms with Crippen molar-refractivity contribution in [2.45, 2.75) is 51.0 Å². The Labute approximate surface area is 398 Å². The van der Waals surface area contributed by atoms with Gasteiger partial charge in [-0.3, -0.25) is 0 Å². The largest absolute Gasteiger partial charge is 0.508 e. The zero-order chi connectivity index (χ0) is 46.7. The molecule has 0 spiro atoms. The van der Waals surface area contributed by atoms with E-state index in [4.69, 9.17) is 24.9 Å². The lowest BCUT2D eigenvalue weighted by Crippen LogP contribution is -2.36. The Morgan fingerprint density at radius 2 is 1.34 bits per heavy atom. The van der Waals surface area contributed by atoms with Crippen molar-refractivity contribution in [1.82, 2.24) is 9.78 Å². The quantitative estimate of drug-likeness (QED) is 0.126. The maximum absolute atomic E-state index is 9.72. The Kier molecular flexibility index (Phi) is 14.6. The van der Waals surface area contributed by atoms with Crippen LogP contribution in [0.3, 0.4) is 0 Å². The molecule has 0 radical (unpaired) electrons. The predicted molar refractivity (Wildman–Crippen MR) is 268 cm³/mol. The molecule has 4 aliphatic rings. The molecule has 3 heterocycles. The number of phenols is 1. The van der Waals surface area contributed by atoms with Gasteiger partial charge in [0.15, 0.2) is 0 Å². The molecule has 2 fully saturated rings. The molecule has 0 amide bonds. The second kappa shape index (κ2) is 21.8. The van der Waals surface area contributed by atoms with Gasteiger partial charge in [-0.15, -0.1) is 0 Å². The van der Waals surface area contributed by atoms with Gasteiger partial charge >= 0.3 is 0 Å². The summed E-state index contributed by atoms with van der Waals surface area (Å²) in [5, 5.41) is 44.4. The van der Waals surface area contributed by atoms with E-state index in [-0.39, 0.29) is 11.9 Å². The number of morpholine rings is 2. The maximum atomic E-state index is 9.72.